The molecule has 3 N–H and O–H groups in total. The van der Waals surface area contributed by atoms with Crippen LogP contribution in [0.25, 0.3) is 22.3 Å². The lowest BCUT2D eigenvalue weighted by molar-refractivity contribution is -0.122. The number of H-pyrrole nitrogens is 1. The van der Waals surface area contributed by atoms with E-state index in [1.807, 2.05) is 30.5 Å². The highest BCUT2D eigenvalue weighted by Crippen LogP contribution is 2.34. The Kier molecular flexibility index (Phi) is 9.19. The third-order valence-corrected chi connectivity index (χ3v) is 8.48. The van der Waals surface area contributed by atoms with Crippen LogP contribution in [0.4, 0.5) is 17.1 Å². The number of fused-ring (bicyclic) bond motifs is 1. The molecule has 2 aromatic carbocycles. The quantitative estimate of drug-likeness (QED) is 0.220. The minimum Gasteiger partial charge on any atom is -0.483 e. The predicted molar refractivity (Wildman–Crippen MR) is 162 cm³/mol. The highest BCUT2D eigenvalue weighted by molar-refractivity contribution is 7.64. The van der Waals surface area contributed by atoms with Crippen molar-refractivity contribution in [2.75, 3.05) is 50.7 Å². The summed E-state index contributed by atoms with van der Waals surface area (Å²) in [6.07, 6.45) is 4.24. The second kappa shape index (κ2) is 12.8. The highest BCUT2D eigenvalue weighted by atomic mass is 31.1. The number of hydrogen-bond acceptors (Lipinski definition) is 6. The molecule has 1 saturated heterocycles. The molecule has 1 fully saturated rings. The van der Waals surface area contributed by atoms with Gasteiger partial charge in [0.2, 0.25) is 0 Å². The zero-order valence-corrected chi connectivity index (χ0v) is 23.7. The van der Waals surface area contributed by atoms with Gasteiger partial charge in [0.05, 0.1) is 17.3 Å². The van der Waals surface area contributed by atoms with E-state index >= 15 is 0 Å². The number of pyridine rings is 1. The molecule has 8 nitrogen and oxygen atoms in total. The van der Waals surface area contributed by atoms with Crippen molar-refractivity contribution < 1.29 is 9.90 Å². The zero-order valence-electron chi connectivity index (χ0n) is 22.8. The van der Waals surface area contributed by atoms with Gasteiger partial charge >= 0.3 is 0 Å². The summed E-state index contributed by atoms with van der Waals surface area (Å²) in [4.78, 5) is 21.3. The topological polar surface area (TPSA) is 108 Å². The van der Waals surface area contributed by atoms with Crippen molar-refractivity contribution >= 4 is 47.8 Å². The van der Waals surface area contributed by atoms with Crippen LogP contribution in [0.5, 0.6) is 0 Å². The number of nitrogens with one attached hydrogen (secondary N) is 2. The fourth-order valence-electron chi connectivity index (χ4n) is 5.01. The number of aromatic amines is 1. The summed E-state index contributed by atoms with van der Waals surface area (Å²) in [5, 5.41) is 22.1. The number of carbonyl (C=O) groups is 1. The molecule has 0 spiro atoms. The largest absolute Gasteiger partial charge is 0.483 e. The number of aromatic nitrogens is 2. The van der Waals surface area contributed by atoms with Crippen molar-refractivity contribution in [2.45, 2.75) is 18.9 Å². The van der Waals surface area contributed by atoms with E-state index in [2.05, 4.69) is 88.9 Å². The second-order valence-corrected chi connectivity index (χ2v) is 12.3. The van der Waals surface area contributed by atoms with Crippen LogP contribution in [0.2, 0.25) is 0 Å². The van der Waals surface area contributed by atoms with Crippen molar-refractivity contribution in [3.8, 4) is 17.3 Å². The Morgan fingerprint density at radius 3 is 2.41 bits per heavy atom. The molecular weight excluding hydrogens is 507 g/mol. The van der Waals surface area contributed by atoms with E-state index in [0.29, 0.717) is 11.6 Å². The van der Waals surface area contributed by atoms with E-state index in [9.17, 15) is 5.26 Å². The first-order valence-electron chi connectivity index (χ1n) is 12.9. The van der Waals surface area contributed by atoms with E-state index in [1.54, 1.807) is 0 Å². The fraction of sp³-hybridized carbons (Fsp3) is 0.300. The van der Waals surface area contributed by atoms with E-state index < -0.39 is 0 Å². The second-order valence-electron chi connectivity index (χ2n) is 10.0. The van der Waals surface area contributed by atoms with Crippen LogP contribution in [0, 0.1) is 11.3 Å². The standard InChI is InChI=1S/C29H33N6P.CH2O2/c1-34(2)22-12-15-35(16-13-22)23-8-6-21(7-9-23)27-18-24-25(11-14-31-29(24)33-27)32-26-10-5-20(19-30)17-28(26)36(3)4;2-1-3/h5-11,14,17-18,22H,12-13,15-16H2,1-4H3,(H2,31,32,33);1H,(H,2,3). The summed E-state index contributed by atoms with van der Waals surface area (Å²) in [7, 11) is 3.99. The van der Waals surface area contributed by atoms with Crippen molar-refractivity contribution in [3.05, 3.63) is 66.4 Å². The highest BCUT2D eigenvalue weighted by Gasteiger charge is 2.21. The first-order valence-corrected chi connectivity index (χ1v) is 15.1. The maximum Gasteiger partial charge on any atom is 0.290 e. The lowest BCUT2D eigenvalue weighted by atomic mass is 10.0. The normalized spacial score (nSPS) is 13.7. The molecule has 0 aliphatic carbocycles. The first-order chi connectivity index (χ1) is 18.8. The van der Waals surface area contributed by atoms with Gasteiger partial charge in [-0.15, -0.1) is 0 Å². The lowest BCUT2D eigenvalue weighted by Gasteiger charge is -2.36. The Balaban J connectivity index is 0.00000112. The van der Waals surface area contributed by atoms with E-state index in [4.69, 9.17) is 9.90 Å². The molecule has 5 rings (SSSR count). The molecule has 9 heteroatoms. The molecule has 39 heavy (non-hydrogen) atoms. The fourth-order valence-corrected chi connectivity index (χ4v) is 6.02. The molecular formula is C30H35N6O2P. The Hall–Kier alpha value is -3.92. The molecule has 0 unspecified atom stereocenters. The van der Waals surface area contributed by atoms with Gasteiger partial charge < -0.3 is 25.2 Å². The van der Waals surface area contributed by atoms with Crippen LogP contribution < -0.4 is 15.5 Å². The van der Waals surface area contributed by atoms with Crippen LogP contribution in [0.15, 0.2) is 60.8 Å². The summed E-state index contributed by atoms with van der Waals surface area (Å²) in [5.41, 5.74) is 7.09. The molecule has 1 aliphatic rings. The summed E-state index contributed by atoms with van der Waals surface area (Å²) in [5.74, 6) is 0. The minimum absolute atomic E-state index is 0.250. The average molecular weight is 543 g/mol. The van der Waals surface area contributed by atoms with Gasteiger partial charge in [0, 0.05) is 53.1 Å². The first kappa shape index (κ1) is 28.1. The Labute approximate surface area is 231 Å². The Morgan fingerprint density at radius 2 is 1.79 bits per heavy atom. The molecule has 2 aromatic heterocycles. The number of nitriles is 1. The van der Waals surface area contributed by atoms with Gasteiger partial charge in [-0.1, -0.05) is 20.1 Å². The molecule has 0 amide bonds. The van der Waals surface area contributed by atoms with E-state index in [1.165, 1.54) is 23.8 Å². The summed E-state index contributed by atoms with van der Waals surface area (Å²) < 4.78 is 0. The average Bonchev–Trinajstić information content (AvgIpc) is 3.39. The van der Waals surface area contributed by atoms with Gasteiger partial charge in [-0.2, -0.15) is 5.26 Å². The molecule has 0 saturated carbocycles. The molecule has 0 radical (unpaired) electrons. The van der Waals surface area contributed by atoms with Gasteiger partial charge in [0.1, 0.15) is 5.65 Å². The Bertz CT molecular complexity index is 1450. The van der Waals surface area contributed by atoms with Gasteiger partial charge in [-0.25, -0.2) is 4.98 Å². The number of anilines is 3. The van der Waals surface area contributed by atoms with Crippen molar-refractivity contribution in [2.24, 2.45) is 0 Å². The van der Waals surface area contributed by atoms with E-state index in [0.717, 1.165) is 46.8 Å². The SMILES string of the molecule is CN(C)C1CCN(c2ccc(-c3cc4c(Nc5ccc(C#N)cc5P(C)C)ccnc4[nH]3)cc2)CC1.O=CO. The van der Waals surface area contributed by atoms with Crippen molar-refractivity contribution in [1.29, 1.82) is 5.26 Å². The van der Waals surface area contributed by atoms with Gasteiger partial charge in [0.15, 0.2) is 0 Å². The molecule has 0 atom stereocenters. The van der Waals surface area contributed by atoms with E-state index in [-0.39, 0.29) is 14.4 Å². The molecule has 1 aliphatic heterocycles. The number of nitrogens with zero attached hydrogens (tertiary/aromatic N) is 4. The number of benzene rings is 2. The summed E-state index contributed by atoms with van der Waals surface area (Å²) >= 11 is 0. The molecule has 202 valence electrons. The van der Waals surface area contributed by atoms with Gasteiger partial charge in [-0.05, 0) is 88.3 Å². The molecule has 0 bridgehead atoms. The predicted octanol–water partition coefficient (Wildman–Crippen LogP) is 5.44. The number of piperidine rings is 1. The van der Waals surface area contributed by atoms with Crippen LogP contribution in [0.3, 0.4) is 0 Å². The number of hydrogen-bond donors (Lipinski definition) is 3. The van der Waals surface area contributed by atoms with Gasteiger partial charge in [-0.3, -0.25) is 4.79 Å². The van der Waals surface area contributed by atoms with Crippen molar-refractivity contribution in [1.82, 2.24) is 14.9 Å². The van der Waals surface area contributed by atoms with Crippen LogP contribution in [-0.4, -0.2) is 73.0 Å². The summed E-state index contributed by atoms with van der Waals surface area (Å²) in [6.45, 7) is 6.37. The number of rotatable bonds is 6. The maximum absolute atomic E-state index is 9.32. The van der Waals surface area contributed by atoms with Crippen LogP contribution >= 0.6 is 7.92 Å². The van der Waals surface area contributed by atoms with Crippen molar-refractivity contribution in [3.63, 3.8) is 0 Å². The minimum atomic E-state index is -0.367. The third kappa shape index (κ3) is 6.57. The monoisotopic (exact) mass is 542 g/mol. The molecule has 3 heterocycles. The lowest BCUT2D eigenvalue weighted by Crippen LogP contribution is -2.41. The Morgan fingerprint density at radius 1 is 1.10 bits per heavy atom. The summed E-state index contributed by atoms with van der Waals surface area (Å²) in [6, 6.07) is 21.9. The van der Waals surface area contributed by atoms with Crippen LogP contribution in [0.1, 0.15) is 18.4 Å². The zero-order chi connectivity index (χ0) is 27.9. The number of carboxylic acid groups (broad SMARTS) is 1. The van der Waals surface area contributed by atoms with Crippen LogP contribution in [-0.2, 0) is 4.79 Å². The molecule has 4 aromatic rings. The smallest absolute Gasteiger partial charge is 0.290 e. The third-order valence-electron chi connectivity index (χ3n) is 7.15. The van der Waals surface area contributed by atoms with Gasteiger partial charge in [0.25, 0.3) is 6.47 Å². The maximum atomic E-state index is 9.32.